The Labute approximate surface area is 138 Å². The summed E-state index contributed by atoms with van der Waals surface area (Å²) >= 11 is 0. The average molecular weight is 317 g/mol. The molecule has 0 fully saturated rings. The van der Waals surface area contributed by atoms with Crippen LogP contribution in [0.15, 0.2) is 59.1 Å². The molecule has 2 heterocycles. The third-order valence-electron chi connectivity index (χ3n) is 3.83. The van der Waals surface area contributed by atoms with Gasteiger partial charge in [0.15, 0.2) is 5.69 Å². The summed E-state index contributed by atoms with van der Waals surface area (Å²) in [6, 6.07) is 17.8. The van der Waals surface area contributed by atoms with Gasteiger partial charge in [-0.15, -0.1) is 5.10 Å². The van der Waals surface area contributed by atoms with Crippen molar-refractivity contribution >= 4 is 0 Å². The van der Waals surface area contributed by atoms with E-state index in [9.17, 15) is 0 Å². The van der Waals surface area contributed by atoms with Gasteiger partial charge in [0.1, 0.15) is 0 Å². The van der Waals surface area contributed by atoms with E-state index in [-0.39, 0.29) is 0 Å². The molecule has 6 heteroatoms. The Bertz CT molecular complexity index is 970. The summed E-state index contributed by atoms with van der Waals surface area (Å²) in [6.45, 7) is 3.97. The monoisotopic (exact) mass is 317 g/mol. The van der Waals surface area contributed by atoms with Crippen LogP contribution in [0.2, 0.25) is 0 Å². The van der Waals surface area contributed by atoms with E-state index in [0.29, 0.717) is 17.4 Å². The van der Waals surface area contributed by atoms with Crippen LogP contribution in [0.5, 0.6) is 0 Å². The van der Waals surface area contributed by atoms with Gasteiger partial charge in [-0.25, -0.2) is 4.68 Å². The Morgan fingerprint density at radius 3 is 2.42 bits per heavy atom. The van der Waals surface area contributed by atoms with E-state index in [1.54, 1.807) is 4.68 Å². The fourth-order valence-electron chi connectivity index (χ4n) is 2.48. The highest BCUT2D eigenvalue weighted by Crippen LogP contribution is 2.24. The zero-order valence-electron chi connectivity index (χ0n) is 13.3. The van der Waals surface area contributed by atoms with E-state index in [2.05, 4.69) is 20.5 Å². The molecule has 4 rings (SSSR count). The van der Waals surface area contributed by atoms with Gasteiger partial charge in [-0.2, -0.15) is 4.98 Å². The van der Waals surface area contributed by atoms with E-state index in [1.165, 1.54) is 5.56 Å². The first kappa shape index (κ1) is 14.3. The predicted molar refractivity (Wildman–Crippen MR) is 89.6 cm³/mol. The van der Waals surface area contributed by atoms with Crippen molar-refractivity contribution in [3.63, 3.8) is 0 Å². The molecule has 2 aromatic heterocycles. The van der Waals surface area contributed by atoms with Crippen molar-refractivity contribution < 1.29 is 4.52 Å². The molecular weight excluding hydrogens is 302 g/mol. The van der Waals surface area contributed by atoms with Crippen LogP contribution in [0.4, 0.5) is 0 Å². The van der Waals surface area contributed by atoms with E-state index < -0.39 is 0 Å². The summed E-state index contributed by atoms with van der Waals surface area (Å²) in [7, 11) is 0. The number of nitrogens with zero attached hydrogens (tertiary/aromatic N) is 5. The second kappa shape index (κ2) is 5.73. The smallest absolute Gasteiger partial charge is 0.280 e. The third kappa shape index (κ3) is 2.48. The van der Waals surface area contributed by atoms with E-state index in [4.69, 9.17) is 4.52 Å². The maximum absolute atomic E-state index is 5.39. The lowest BCUT2D eigenvalue weighted by molar-refractivity contribution is 0.430. The fourth-order valence-corrected chi connectivity index (χ4v) is 2.48. The van der Waals surface area contributed by atoms with Crippen LogP contribution >= 0.6 is 0 Å². The number of aromatic nitrogens is 5. The van der Waals surface area contributed by atoms with Gasteiger partial charge in [-0.1, -0.05) is 58.4 Å². The highest BCUT2D eigenvalue weighted by Gasteiger charge is 2.18. The van der Waals surface area contributed by atoms with Crippen molar-refractivity contribution in [2.75, 3.05) is 0 Å². The molecule has 0 atom stereocenters. The van der Waals surface area contributed by atoms with Crippen LogP contribution in [-0.4, -0.2) is 25.1 Å². The SMILES string of the molecule is Cc1ccc(-c2noc(-c3nnn(-c4ccccc4)c3C)n2)cc1. The van der Waals surface area contributed by atoms with Crippen LogP contribution in [0, 0.1) is 13.8 Å². The largest absolute Gasteiger partial charge is 0.332 e. The number of hydrogen-bond donors (Lipinski definition) is 0. The molecule has 0 saturated heterocycles. The number of aryl methyl sites for hydroxylation is 1. The van der Waals surface area contributed by atoms with Crippen molar-refractivity contribution in [3.8, 4) is 28.7 Å². The summed E-state index contributed by atoms with van der Waals surface area (Å²) in [6.07, 6.45) is 0. The number of rotatable bonds is 3. The molecule has 0 amide bonds. The first-order chi connectivity index (χ1) is 11.7. The molecule has 0 aliphatic heterocycles. The summed E-state index contributed by atoms with van der Waals surface area (Å²) in [5.41, 5.74) is 4.46. The van der Waals surface area contributed by atoms with E-state index >= 15 is 0 Å². The van der Waals surface area contributed by atoms with Gasteiger partial charge in [0.25, 0.3) is 5.89 Å². The standard InChI is InChI=1S/C18H15N5O/c1-12-8-10-14(11-9-12)17-19-18(24-21-17)16-13(2)23(22-20-16)15-6-4-3-5-7-15/h3-11H,1-2H3. The van der Waals surface area contributed by atoms with Crippen LogP contribution in [0.25, 0.3) is 28.7 Å². The highest BCUT2D eigenvalue weighted by molar-refractivity contribution is 5.59. The molecular formula is C18H15N5O. The molecule has 0 saturated carbocycles. The molecule has 6 nitrogen and oxygen atoms in total. The molecule has 0 unspecified atom stereocenters. The lowest BCUT2D eigenvalue weighted by Gasteiger charge is -2.01. The number of benzene rings is 2. The molecule has 118 valence electrons. The lowest BCUT2D eigenvalue weighted by atomic mass is 10.1. The van der Waals surface area contributed by atoms with Gasteiger partial charge in [0.2, 0.25) is 5.82 Å². The Hall–Kier alpha value is -3.28. The second-order valence-electron chi connectivity index (χ2n) is 5.56. The maximum atomic E-state index is 5.39. The summed E-state index contributed by atoms with van der Waals surface area (Å²) < 4.78 is 7.14. The van der Waals surface area contributed by atoms with E-state index in [1.807, 2.05) is 68.4 Å². The molecule has 0 aliphatic rings. The van der Waals surface area contributed by atoms with Gasteiger partial charge in [0, 0.05) is 5.56 Å². The normalized spacial score (nSPS) is 10.9. The minimum absolute atomic E-state index is 0.366. The fraction of sp³-hybridized carbons (Fsp3) is 0.111. The van der Waals surface area contributed by atoms with Crippen LogP contribution in [0.3, 0.4) is 0 Å². The molecule has 2 aromatic carbocycles. The van der Waals surface area contributed by atoms with Gasteiger partial charge in [0.05, 0.1) is 11.4 Å². The van der Waals surface area contributed by atoms with Crippen molar-refractivity contribution in [2.24, 2.45) is 0 Å². The third-order valence-corrected chi connectivity index (χ3v) is 3.83. The minimum atomic E-state index is 0.366. The molecule has 0 radical (unpaired) electrons. The molecule has 0 N–H and O–H groups in total. The molecule has 0 bridgehead atoms. The van der Waals surface area contributed by atoms with Gasteiger partial charge >= 0.3 is 0 Å². The molecule has 24 heavy (non-hydrogen) atoms. The summed E-state index contributed by atoms with van der Waals surface area (Å²) in [5, 5.41) is 12.4. The van der Waals surface area contributed by atoms with E-state index in [0.717, 1.165) is 16.9 Å². The lowest BCUT2D eigenvalue weighted by Crippen LogP contribution is -1.98. The Morgan fingerprint density at radius 2 is 1.67 bits per heavy atom. The molecule has 0 spiro atoms. The zero-order valence-corrected chi connectivity index (χ0v) is 13.3. The Morgan fingerprint density at radius 1 is 0.917 bits per heavy atom. The first-order valence-electron chi connectivity index (χ1n) is 7.61. The van der Waals surface area contributed by atoms with Crippen LogP contribution < -0.4 is 0 Å². The first-order valence-corrected chi connectivity index (χ1v) is 7.61. The number of para-hydroxylation sites is 1. The highest BCUT2D eigenvalue weighted by atomic mass is 16.5. The predicted octanol–water partition coefficient (Wildman–Crippen LogP) is 3.60. The van der Waals surface area contributed by atoms with Gasteiger partial charge in [-0.3, -0.25) is 0 Å². The van der Waals surface area contributed by atoms with Crippen molar-refractivity contribution in [1.29, 1.82) is 0 Å². The Balaban J connectivity index is 1.71. The topological polar surface area (TPSA) is 69.6 Å². The molecule has 4 aromatic rings. The number of hydrogen-bond acceptors (Lipinski definition) is 5. The zero-order chi connectivity index (χ0) is 16.5. The Kier molecular flexibility index (Phi) is 3.42. The van der Waals surface area contributed by atoms with Crippen molar-refractivity contribution in [3.05, 3.63) is 65.9 Å². The minimum Gasteiger partial charge on any atom is -0.332 e. The maximum Gasteiger partial charge on any atom is 0.280 e. The molecule has 0 aliphatic carbocycles. The van der Waals surface area contributed by atoms with Crippen molar-refractivity contribution in [1.82, 2.24) is 25.1 Å². The average Bonchev–Trinajstić information content (AvgIpc) is 3.23. The van der Waals surface area contributed by atoms with Crippen LogP contribution in [-0.2, 0) is 0 Å². The summed E-state index contributed by atoms with van der Waals surface area (Å²) in [4.78, 5) is 4.45. The quantitative estimate of drug-likeness (QED) is 0.577. The van der Waals surface area contributed by atoms with Crippen molar-refractivity contribution in [2.45, 2.75) is 13.8 Å². The summed E-state index contributed by atoms with van der Waals surface area (Å²) in [5.74, 6) is 0.906. The second-order valence-corrected chi connectivity index (χ2v) is 5.56. The van der Waals surface area contributed by atoms with Gasteiger partial charge in [-0.05, 0) is 26.0 Å². The van der Waals surface area contributed by atoms with Crippen LogP contribution in [0.1, 0.15) is 11.3 Å². The van der Waals surface area contributed by atoms with Gasteiger partial charge < -0.3 is 4.52 Å².